The zero-order valence-electron chi connectivity index (χ0n) is 13.1. The minimum atomic E-state index is -0.202. The van der Waals surface area contributed by atoms with E-state index in [1.54, 1.807) is 11.3 Å². The van der Waals surface area contributed by atoms with Crippen molar-refractivity contribution in [3.63, 3.8) is 0 Å². The predicted octanol–water partition coefficient (Wildman–Crippen LogP) is 4.95. The molecular formula is C17H12N4OS3. The summed E-state index contributed by atoms with van der Waals surface area (Å²) in [6.45, 7) is 1.84. The largest absolute Gasteiger partial charge is 0.296 e. The summed E-state index contributed by atoms with van der Waals surface area (Å²) in [5.74, 6) is 0.410. The molecule has 0 bridgehead atoms. The van der Waals surface area contributed by atoms with Crippen molar-refractivity contribution in [3.8, 4) is 22.0 Å². The average molecular weight is 385 g/mol. The van der Waals surface area contributed by atoms with E-state index in [4.69, 9.17) is 0 Å². The summed E-state index contributed by atoms with van der Waals surface area (Å²) in [5.41, 5.74) is 2.68. The molecule has 0 saturated heterocycles. The second kappa shape index (κ2) is 6.83. The van der Waals surface area contributed by atoms with E-state index in [9.17, 15) is 4.79 Å². The fourth-order valence-corrected chi connectivity index (χ4v) is 4.51. The lowest BCUT2D eigenvalue weighted by Gasteiger charge is -1.98. The van der Waals surface area contributed by atoms with Crippen LogP contribution in [-0.4, -0.2) is 20.2 Å². The van der Waals surface area contributed by atoms with Gasteiger partial charge in [0.1, 0.15) is 9.88 Å². The van der Waals surface area contributed by atoms with E-state index in [0.717, 1.165) is 21.8 Å². The Morgan fingerprint density at radius 3 is 2.68 bits per heavy atom. The zero-order valence-corrected chi connectivity index (χ0v) is 15.5. The number of benzene rings is 1. The summed E-state index contributed by atoms with van der Waals surface area (Å²) in [4.78, 5) is 22.1. The fourth-order valence-electron chi connectivity index (χ4n) is 2.25. The molecule has 124 valence electrons. The van der Waals surface area contributed by atoms with Crippen molar-refractivity contribution in [2.24, 2.45) is 0 Å². The van der Waals surface area contributed by atoms with Crippen LogP contribution in [0.2, 0.25) is 0 Å². The normalized spacial score (nSPS) is 10.8. The van der Waals surface area contributed by atoms with Crippen LogP contribution in [0.4, 0.5) is 5.13 Å². The van der Waals surface area contributed by atoms with E-state index in [2.05, 4.69) is 19.7 Å². The van der Waals surface area contributed by atoms with Crippen LogP contribution < -0.4 is 5.32 Å². The molecule has 5 nitrogen and oxygen atoms in total. The first kappa shape index (κ1) is 16.1. The van der Waals surface area contributed by atoms with Crippen molar-refractivity contribution < 1.29 is 4.79 Å². The highest BCUT2D eigenvalue weighted by molar-refractivity contribution is 7.17. The van der Waals surface area contributed by atoms with Crippen molar-refractivity contribution in [3.05, 3.63) is 57.7 Å². The number of aryl methyl sites for hydroxylation is 1. The summed E-state index contributed by atoms with van der Waals surface area (Å²) in [7, 11) is 0. The average Bonchev–Trinajstić information content (AvgIpc) is 3.35. The molecule has 4 aromatic rings. The van der Waals surface area contributed by atoms with Gasteiger partial charge in [0, 0.05) is 28.0 Å². The van der Waals surface area contributed by atoms with Gasteiger partial charge in [-0.15, -0.1) is 11.3 Å². The van der Waals surface area contributed by atoms with E-state index in [1.165, 1.54) is 22.9 Å². The molecule has 3 heterocycles. The van der Waals surface area contributed by atoms with Gasteiger partial charge in [0.2, 0.25) is 5.13 Å². The van der Waals surface area contributed by atoms with Crippen molar-refractivity contribution in [2.45, 2.75) is 6.92 Å². The summed E-state index contributed by atoms with van der Waals surface area (Å²) in [6, 6.07) is 11.7. The Kier molecular flexibility index (Phi) is 4.39. The lowest BCUT2D eigenvalue weighted by atomic mass is 10.2. The SMILES string of the molecule is Cc1nc(-c2ccsc2)sc1C(=O)Nc1nc(-c2ccccc2)ns1. The second-order valence-electron chi connectivity index (χ2n) is 5.19. The molecule has 0 saturated carbocycles. The molecule has 1 amide bonds. The third kappa shape index (κ3) is 3.37. The molecular weight excluding hydrogens is 372 g/mol. The number of hydrogen-bond donors (Lipinski definition) is 1. The maximum absolute atomic E-state index is 12.6. The smallest absolute Gasteiger partial charge is 0.269 e. The molecule has 3 aromatic heterocycles. The number of thiazole rings is 1. The van der Waals surface area contributed by atoms with Crippen LogP contribution in [0, 0.1) is 6.92 Å². The maximum atomic E-state index is 12.6. The van der Waals surface area contributed by atoms with Crippen LogP contribution in [0.15, 0.2) is 47.2 Å². The molecule has 1 aromatic carbocycles. The highest BCUT2D eigenvalue weighted by Crippen LogP contribution is 2.30. The van der Waals surface area contributed by atoms with Gasteiger partial charge in [0.25, 0.3) is 5.91 Å². The predicted molar refractivity (Wildman–Crippen MR) is 103 cm³/mol. The number of rotatable bonds is 4. The Balaban J connectivity index is 1.54. The Morgan fingerprint density at radius 2 is 1.92 bits per heavy atom. The topological polar surface area (TPSA) is 67.8 Å². The Bertz CT molecular complexity index is 1010. The van der Waals surface area contributed by atoms with Gasteiger partial charge in [-0.1, -0.05) is 30.3 Å². The van der Waals surface area contributed by atoms with Crippen molar-refractivity contribution >= 4 is 45.2 Å². The summed E-state index contributed by atoms with van der Waals surface area (Å²) in [6.07, 6.45) is 0. The van der Waals surface area contributed by atoms with Crippen LogP contribution >= 0.6 is 34.2 Å². The van der Waals surface area contributed by atoms with Gasteiger partial charge < -0.3 is 0 Å². The number of nitrogens with zero attached hydrogens (tertiary/aromatic N) is 3. The molecule has 25 heavy (non-hydrogen) atoms. The number of thiophene rings is 1. The molecule has 0 aliphatic heterocycles. The third-order valence-electron chi connectivity index (χ3n) is 3.45. The first-order valence-electron chi connectivity index (χ1n) is 7.41. The van der Waals surface area contributed by atoms with E-state index in [0.29, 0.717) is 15.8 Å². The molecule has 0 spiro atoms. The number of aromatic nitrogens is 3. The molecule has 0 radical (unpaired) electrons. The first-order chi connectivity index (χ1) is 12.2. The highest BCUT2D eigenvalue weighted by atomic mass is 32.1. The van der Waals surface area contributed by atoms with E-state index >= 15 is 0 Å². The van der Waals surface area contributed by atoms with E-state index in [1.807, 2.05) is 54.1 Å². The van der Waals surface area contributed by atoms with Crippen molar-refractivity contribution in [2.75, 3.05) is 5.32 Å². The van der Waals surface area contributed by atoms with Crippen molar-refractivity contribution in [1.29, 1.82) is 0 Å². The van der Waals surface area contributed by atoms with Gasteiger partial charge in [0.15, 0.2) is 5.82 Å². The summed E-state index contributed by atoms with van der Waals surface area (Å²) < 4.78 is 4.31. The number of nitrogens with one attached hydrogen (secondary N) is 1. The quantitative estimate of drug-likeness (QED) is 0.540. The van der Waals surface area contributed by atoms with E-state index in [-0.39, 0.29) is 5.91 Å². The molecule has 0 fully saturated rings. The lowest BCUT2D eigenvalue weighted by molar-refractivity contribution is 0.103. The Hall–Kier alpha value is -2.42. The number of carbonyl (C=O) groups is 1. The van der Waals surface area contributed by atoms with Crippen molar-refractivity contribution in [1.82, 2.24) is 14.3 Å². The maximum Gasteiger partial charge on any atom is 0.269 e. The van der Waals surface area contributed by atoms with Gasteiger partial charge >= 0.3 is 0 Å². The van der Waals surface area contributed by atoms with Gasteiger partial charge in [-0.25, -0.2) is 4.98 Å². The van der Waals surface area contributed by atoms with Crippen LogP contribution in [0.5, 0.6) is 0 Å². The Morgan fingerprint density at radius 1 is 1.08 bits per heavy atom. The van der Waals surface area contributed by atoms with Gasteiger partial charge in [-0.2, -0.15) is 20.7 Å². The molecule has 1 N–H and O–H groups in total. The number of amides is 1. The van der Waals surface area contributed by atoms with E-state index < -0.39 is 0 Å². The molecule has 4 rings (SSSR count). The summed E-state index contributed by atoms with van der Waals surface area (Å²) in [5, 5.41) is 8.18. The molecule has 0 aliphatic carbocycles. The lowest BCUT2D eigenvalue weighted by Crippen LogP contribution is -2.11. The molecule has 0 atom stereocenters. The van der Waals surface area contributed by atoms with Crippen LogP contribution in [-0.2, 0) is 0 Å². The van der Waals surface area contributed by atoms with Gasteiger partial charge in [-0.3, -0.25) is 10.1 Å². The third-order valence-corrected chi connectivity index (χ3v) is 5.97. The standard InChI is InChI=1S/C17H12N4OS3/c1-10-13(24-16(18-10)12-7-8-23-9-12)15(22)20-17-19-14(21-25-17)11-5-3-2-4-6-11/h2-9H,1H3,(H,19,20,21,22). The minimum Gasteiger partial charge on any atom is -0.296 e. The summed E-state index contributed by atoms with van der Waals surface area (Å²) >= 11 is 4.17. The zero-order chi connectivity index (χ0) is 17.2. The fraction of sp³-hybridized carbons (Fsp3) is 0.0588. The number of carbonyl (C=O) groups excluding carboxylic acids is 1. The van der Waals surface area contributed by atoms with Crippen LogP contribution in [0.1, 0.15) is 15.4 Å². The Labute approximate surface area is 156 Å². The molecule has 0 unspecified atom stereocenters. The second-order valence-corrected chi connectivity index (χ2v) is 7.72. The molecule has 8 heteroatoms. The first-order valence-corrected chi connectivity index (χ1v) is 9.94. The van der Waals surface area contributed by atoms with Crippen LogP contribution in [0.25, 0.3) is 22.0 Å². The minimum absolute atomic E-state index is 0.202. The van der Waals surface area contributed by atoms with Crippen LogP contribution in [0.3, 0.4) is 0 Å². The number of anilines is 1. The molecule has 0 aliphatic rings. The number of hydrogen-bond acceptors (Lipinski definition) is 7. The monoisotopic (exact) mass is 384 g/mol. The highest BCUT2D eigenvalue weighted by Gasteiger charge is 2.18. The van der Waals surface area contributed by atoms with Gasteiger partial charge in [-0.05, 0) is 18.4 Å². The van der Waals surface area contributed by atoms with Gasteiger partial charge in [0.05, 0.1) is 5.69 Å².